The molecular weight excluding hydrogens is 268 g/mol. The first-order valence-electron chi connectivity index (χ1n) is 5.45. The Bertz CT molecular complexity index is 534. The van der Waals surface area contributed by atoms with Crippen molar-refractivity contribution >= 4 is 34.5 Å². The molecule has 0 fully saturated rings. The fraction of sp³-hybridized carbons (Fsp3) is 0.154. The van der Waals surface area contributed by atoms with Gasteiger partial charge < -0.3 is 11.1 Å². The highest BCUT2D eigenvalue weighted by molar-refractivity contribution is 7.07. The molecule has 0 radical (unpaired) electrons. The van der Waals surface area contributed by atoms with Crippen molar-refractivity contribution in [1.29, 1.82) is 0 Å². The number of hydrogen-bond donors (Lipinski definition) is 2. The third-order valence-corrected chi connectivity index (χ3v) is 3.49. The molecule has 0 saturated carbocycles. The molecule has 2 rings (SSSR count). The highest BCUT2D eigenvalue weighted by Gasteiger charge is 2.12. The summed E-state index contributed by atoms with van der Waals surface area (Å²) in [4.78, 5) is 12.0. The maximum absolute atomic E-state index is 12.0. The van der Waals surface area contributed by atoms with Gasteiger partial charge in [0, 0.05) is 16.3 Å². The number of anilines is 1. The number of nitrogens with two attached hydrogens (primary N) is 1. The Labute approximate surface area is 115 Å². The van der Waals surface area contributed by atoms with E-state index in [1.165, 1.54) is 0 Å². The molecule has 1 atom stereocenters. The van der Waals surface area contributed by atoms with Crippen molar-refractivity contribution in [3.8, 4) is 0 Å². The van der Waals surface area contributed by atoms with Crippen molar-refractivity contribution in [3.05, 3.63) is 51.2 Å². The maximum Gasteiger partial charge on any atom is 0.251 e. The predicted octanol–water partition coefficient (Wildman–Crippen LogP) is 3.47. The van der Waals surface area contributed by atoms with Gasteiger partial charge in [-0.25, -0.2) is 0 Å². The summed E-state index contributed by atoms with van der Waals surface area (Å²) < 4.78 is 0. The van der Waals surface area contributed by atoms with Crippen LogP contribution < -0.4 is 11.1 Å². The number of nitrogens with one attached hydrogen (secondary N) is 1. The zero-order valence-corrected chi connectivity index (χ0v) is 11.4. The van der Waals surface area contributed by atoms with Crippen LogP contribution in [-0.4, -0.2) is 5.91 Å². The van der Waals surface area contributed by atoms with E-state index in [9.17, 15) is 4.79 Å². The van der Waals surface area contributed by atoms with Gasteiger partial charge in [-0.3, -0.25) is 4.79 Å². The number of benzene rings is 1. The van der Waals surface area contributed by atoms with Gasteiger partial charge in [0.25, 0.3) is 5.91 Å². The largest absolute Gasteiger partial charge is 0.399 e. The van der Waals surface area contributed by atoms with Gasteiger partial charge in [0.15, 0.2) is 0 Å². The molecule has 18 heavy (non-hydrogen) atoms. The molecule has 0 aliphatic heterocycles. The molecule has 5 heteroatoms. The number of thiophene rings is 1. The second-order valence-electron chi connectivity index (χ2n) is 4.03. The third-order valence-electron chi connectivity index (χ3n) is 2.57. The molecule has 1 heterocycles. The van der Waals surface area contributed by atoms with Crippen LogP contribution in [0.2, 0.25) is 5.02 Å². The average Bonchev–Trinajstić information content (AvgIpc) is 2.80. The van der Waals surface area contributed by atoms with E-state index in [4.69, 9.17) is 17.3 Å². The van der Waals surface area contributed by atoms with Crippen LogP contribution in [0.15, 0.2) is 35.0 Å². The van der Waals surface area contributed by atoms with Gasteiger partial charge in [0.2, 0.25) is 0 Å². The lowest BCUT2D eigenvalue weighted by molar-refractivity contribution is 0.0940. The summed E-state index contributed by atoms with van der Waals surface area (Å²) in [6, 6.07) is 6.78. The van der Waals surface area contributed by atoms with Gasteiger partial charge >= 0.3 is 0 Å². The monoisotopic (exact) mass is 280 g/mol. The van der Waals surface area contributed by atoms with Gasteiger partial charge in [-0.1, -0.05) is 11.6 Å². The number of amides is 1. The zero-order chi connectivity index (χ0) is 13.1. The highest BCUT2D eigenvalue weighted by Crippen LogP contribution is 2.19. The first kappa shape index (κ1) is 12.9. The summed E-state index contributed by atoms with van der Waals surface area (Å²) in [6.45, 7) is 1.94. The molecule has 1 aromatic heterocycles. The Morgan fingerprint density at radius 2 is 2.22 bits per heavy atom. The van der Waals surface area contributed by atoms with Crippen LogP contribution in [0, 0.1) is 0 Å². The lowest BCUT2D eigenvalue weighted by atomic mass is 10.1. The number of hydrogen-bond acceptors (Lipinski definition) is 3. The van der Waals surface area contributed by atoms with Crippen LogP contribution in [0.25, 0.3) is 0 Å². The van der Waals surface area contributed by atoms with Crippen LogP contribution in [0.4, 0.5) is 5.69 Å². The van der Waals surface area contributed by atoms with Crippen molar-refractivity contribution in [2.24, 2.45) is 0 Å². The second kappa shape index (κ2) is 5.42. The normalized spacial score (nSPS) is 12.1. The summed E-state index contributed by atoms with van der Waals surface area (Å²) in [6.07, 6.45) is 0. The number of carbonyl (C=O) groups is 1. The smallest absolute Gasteiger partial charge is 0.251 e. The van der Waals surface area contributed by atoms with Crippen molar-refractivity contribution < 1.29 is 4.79 Å². The van der Waals surface area contributed by atoms with Crippen LogP contribution in [-0.2, 0) is 0 Å². The van der Waals surface area contributed by atoms with E-state index in [-0.39, 0.29) is 11.9 Å². The lowest BCUT2D eigenvalue weighted by Gasteiger charge is -2.13. The SMILES string of the molecule is CC(NC(=O)c1cc(N)cc(Cl)c1)c1ccsc1. The van der Waals surface area contributed by atoms with Crippen molar-refractivity contribution in [2.45, 2.75) is 13.0 Å². The Balaban J connectivity index is 2.12. The van der Waals surface area contributed by atoms with Gasteiger partial charge in [-0.15, -0.1) is 0 Å². The molecule has 1 aromatic carbocycles. The summed E-state index contributed by atoms with van der Waals surface area (Å²) in [5, 5.41) is 7.36. The molecule has 3 nitrogen and oxygen atoms in total. The molecule has 0 aliphatic rings. The zero-order valence-electron chi connectivity index (χ0n) is 9.81. The Morgan fingerprint density at radius 3 is 2.83 bits per heavy atom. The van der Waals surface area contributed by atoms with Gasteiger partial charge in [-0.2, -0.15) is 11.3 Å². The molecule has 0 spiro atoms. The van der Waals surface area contributed by atoms with E-state index in [1.54, 1.807) is 29.5 Å². The fourth-order valence-electron chi connectivity index (χ4n) is 1.63. The summed E-state index contributed by atoms with van der Waals surface area (Å²) >= 11 is 7.48. The first-order chi connectivity index (χ1) is 8.56. The van der Waals surface area contributed by atoms with Gasteiger partial charge in [0.1, 0.15) is 0 Å². The van der Waals surface area contributed by atoms with Crippen LogP contribution in [0.3, 0.4) is 0 Å². The van der Waals surface area contributed by atoms with E-state index in [2.05, 4.69) is 5.32 Å². The van der Waals surface area contributed by atoms with Gasteiger partial charge in [0.05, 0.1) is 6.04 Å². The molecule has 2 aromatic rings. The Hall–Kier alpha value is -1.52. The van der Waals surface area contributed by atoms with Crippen molar-refractivity contribution in [2.75, 3.05) is 5.73 Å². The minimum atomic E-state index is -0.178. The van der Waals surface area contributed by atoms with Crippen molar-refractivity contribution in [1.82, 2.24) is 5.32 Å². The van der Waals surface area contributed by atoms with Crippen LogP contribution in [0.5, 0.6) is 0 Å². The molecule has 1 amide bonds. The predicted molar refractivity (Wildman–Crippen MR) is 76.1 cm³/mol. The standard InChI is InChI=1S/C13H13ClN2OS/c1-8(9-2-3-18-7-9)16-13(17)10-4-11(14)6-12(15)5-10/h2-8H,15H2,1H3,(H,16,17). The fourth-order valence-corrected chi connectivity index (χ4v) is 2.63. The summed E-state index contributed by atoms with van der Waals surface area (Å²) in [5.74, 6) is -0.178. The molecule has 0 saturated heterocycles. The van der Waals surface area contributed by atoms with E-state index in [1.807, 2.05) is 23.8 Å². The Morgan fingerprint density at radius 1 is 1.44 bits per heavy atom. The second-order valence-corrected chi connectivity index (χ2v) is 5.24. The minimum absolute atomic E-state index is 0.0380. The molecular formula is C13H13ClN2OS. The minimum Gasteiger partial charge on any atom is -0.399 e. The molecule has 3 N–H and O–H groups in total. The number of rotatable bonds is 3. The van der Waals surface area contributed by atoms with E-state index in [0.29, 0.717) is 16.3 Å². The first-order valence-corrected chi connectivity index (χ1v) is 6.77. The van der Waals surface area contributed by atoms with E-state index < -0.39 is 0 Å². The quantitative estimate of drug-likeness (QED) is 0.846. The van der Waals surface area contributed by atoms with Crippen LogP contribution in [0.1, 0.15) is 28.9 Å². The van der Waals surface area contributed by atoms with Crippen molar-refractivity contribution in [3.63, 3.8) is 0 Å². The number of nitrogen functional groups attached to an aromatic ring is 1. The van der Waals surface area contributed by atoms with E-state index >= 15 is 0 Å². The molecule has 0 aliphatic carbocycles. The average molecular weight is 281 g/mol. The van der Waals surface area contributed by atoms with Gasteiger partial charge in [-0.05, 0) is 47.5 Å². The summed E-state index contributed by atoms with van der Waals surface area (Å²) in [7, 11) is 0. The highest BCUT2D eigenvalue weighted by atomic mass is 35.5. The maximum atomic E-state index is 12.0. The Kier molecular flexibility index (Phi) is 3.89. The summed E-state index contributed by atoms with van der Waals surface area (Å²) in [5.41, 5.74) is 7.70. The number of halogens is 1. The number of carbonyl (C=O) groups excluding carboxylic acids is 1. The molecule has 1 unspecified atom stereocenters. The topological polar surface area (TPSA) is 55.1 Å². The lowest BCUT2D eigenvalue weighted by Crippen LogP contribution is -2.26. The van der Waals surface area contributed by atoms with E-state index in [0.717, 1.165) is 5.56 Å². The molecule has 0 bridgehead atoms. The van der Waals surface area contributed by atoms with Crippen LogP contribution >= 0.6 is 22.9 Å². The third kappa shape index (κ3) is 3.03. The molecule has 94 valence electrons.